The van der Waals surface area contributed by atoms with E-state index < -0.39 is 0 Å². The van der Waals surface area contributed by atoms with Gasteiger partial charge in [0.25, 0.3) is 0 Å². The molecule has 0 aliphatic carbocycles. The Bertz CT molecular complexity index is 218. The Balaban J connectivity index is 2.81. The van der Waals surface area contributed by atoms with Gasteiger partial charge in [-0.1, -0.05) is 29.8 Å². The summed E-state index contributed by atoms with van der Waals surface area (Å²) in [6, 6.07) is 7.62. The number of rotatable bonds is 2. The van der Waals surface area contributed by atoms with Crippen LogP contribution in [-0.4, -0.2) is 11.7 Å². The fourth-order valence-corrected chi connectivity index (χ4v) is 0.919. The lowest BCUT2D eigenvalue weighted by molar-refractivity contribution is 0.268. The summed E-state index contributed by atoms with van der Waals surface area (Å²) < 4.78 is 0. The fraction of sp³-hybridized carbons (Fsp3) is 0.333. The molecule has 11 heavy (non-hydrogen) atoms. The highest BCUT2D eigenvalue weighted by Gasteiger charge is 2.01. The molecule has 0 saturated heterocycles. The molecule has 1 rings (SSSR count). The highest BCUT2D eigenvalue weighted by Crippen LogP contribution is 2.09. The summed E-state index contributed by atoms with van der Waals surface area (Å²) in [5.41, 5.74) is 7.79. The second kappa shape index (κ2) is 3.51. The van der Waals surface area contributed by atoms with Gasteiger partial charge in [0.1, 0.15) is 0 Å². The molecule has 60 valence electrons. The summed E-state index contributed by atoms with van der Waals surface area (Å²) in [6.07, 6.45) is 0. The second-order valence-corrected chi connectivity index (χ2v) is 2.70. The molecule has 1 aromatic rings. The van der Waals surface area contributed by atoms with E-state index in [1.165, 1.54) is 5.56 Å². The summed E-state index contributed by atoms with van der Waals surface area (Å²) in [4.78, 5) is 0. The lowest BCUT2D eigenvalue weighted by Gasteiger charge is -2.07. The van der Waals surface area contributed by atoms with E-state index in [9.17, 15) is 0 Å². The monoisotopic (exact) mass is 151 g/mol. The third-order valence-corrected chi connectivity index (χ3v) is 1.70. The zero-order chi connectivity index (χ0) is 8.27. The SMILES string of the molecule is Cc1ccc([C@H](N)CO)cc1. The predicted molar refractivity (Wildman–Crippen MR) is 45.2 cm³/mol. The quantitative estimate of drug-likeness (QED) is 0.662. The van der Waals surface area contributed by atoms with Gasteiger partial charge in [0.2, 0.25) is 0 Å². The predicted octanol–water partition coefficient (Wildman–Crippen LogP) is 0.987. The molecule has 0 saturated carbocycles. The Kier molecular flexibility index (Phi) is 2.63. The molecule has 0 radical (unpaired) electrons. The van der Waals surface area contributed by atoms with Crippen LogP contribution in [0.25, 0.3) is 0 Å². The van der Waals surface area contributed by atoms with Gasteiger partial charge < -0.3 is 10.8 Å². The van der Waals surface area contributed by atoms with Crippen LogP contribution in [0.1, 0.15) is 17.2 Å². The second-order valence-electron chi connectivity index (χ2n) is 2.70. The van der Waals surface area contributed by atoms with Crippen LogP contribution in [0.5, 0.6) is 0 Å². The largest absolute Gasteiger partial charge is 0.394 e. The first-order valence-electron chi connectivity index (χ1n) is 3.67. The smallest absolute Gasteiger partial charge is 0.0624 e. The zero-order valence-electron chi connectivity index (χ0n) is 6.62. The third-order valence-electron chi connectivity index (χ3n) is 1.70. The molecule has 0 bridgehead atoms. The molecule has 0 aliphatic rings. The van der Waals surface area contributed by atoms with E-state index in [4.69, 9.17) is 10.8 Å². The number of nitrogens with two attached hydrogens (primary N) is 1. The molecule has 0 aliphatic heterocycles. The van der Waals surface area contributed by atoms with Crippen molar-refractivity contribution in [3.63, 3.8) is 0 Å². The summed E-state index contributed by atoms with van der Waals surface area (Å²) in [6.45, 7) is 2.03. The molecule has 2 heteroatoms. The third kappa shape index (κ3) is 2.03. The van der Waals surface area contributed by atoms with Crippen molar-refractivity contribution in [1.82, 2.24) is 0 Å². The molecule has 2 nitrogen and oxygen atoms in total. The number of aryl methyl sites for hydroxylation is 1. The minimum Gasteiger partial charge on any atom is -0.394 e. The van der Waals surface area contributed by atoms with Crippen LogP contribution < -0.4 is 5.73 Å². The number of aliphatic hydroxyl groups is 1. The van der Waals surface area contributed by atoms with Crippen LogP contribution in [0, 0.1) is 6.92 Å². The van der Waals surface area contributed by atoms with E-state index >= 15 is 0 Å². The van der Waals surface area contributed by atoms with Crippen molar-refractivity contribution >= 4 is 0 Å². The van der Waals surface area contributed by atoms with Crippen molar-refractivity contribution in [2.75, 3.05) is 6.61 Å². The summed E-state index contributed by atoms with van der Waals surface area (Å²) >= 11 is 0. The van der Waals surface area contributed by atoms with Gasteiger partial charge in [0.05, 0.1) is 12.6 Å². The Hall–Kier alpha value is -0.860. The molecule has 0 heterocycles. The van der Waals surface area contributed by atoms with Gasteiger partial charge >= 0.3 is 0 Å². The minimum atomic E-state index is -0.240. The van der Waals surface area contributed by atoms with Crippen molar-refractivity contribution in [2.24, 2.45) is 5.73 Å². The van der Waals surface area contributed by atoms with E-state index in [0.29, 0.717) is 0 Å². The molecule has 1 aromatic carbocycles. The van der Waals surface area contributed by atoms with E-state index in [1.807, 2.05) is 31.2 Å². The van der Waals surface area contributed by atoms with E-state index in [1.54, 1.807) is 0 Å². The van der Waals surface area contributed by atoms with E-state index in [2.05, 4.69) is 0 Å². The van der Waals surface area contributed by atoms with Gasteiger partial charge in [-0.05, 0) is 12.5 Å². The molecule has 0 aromatic heterocycles. The molecule has 0 unspecified atom stereocenters. The van der Waals surface area contributed by atoms with Gasteiger partial charge in [-0.3, -0.25) is 0 Å². The maximum absolute atomic E-state index is 8.73. The summed E-state index contributed by atoms with van der Waals surface area (Å²) in [7, 11) is 0. The first kappa shape index (κ1) is 8.24. The van der Waals surface area contributed by atoms with E-state index in [0.717, 1.165) is 5.56 Å². The van der Waals surface area contributed by atoms with Crippen LogP contribution in [0.3, 0.4) is 0 Å². The van der Waals surface area contributed by atoms with Crippen LogP contribution in [0.2, 0.25) is 0 Å². The molecule has 0 spiro atoms. The van der Waals surface area contributed by atoms with Crippen molar-refractivity contribution < 1.29 is 5.11 Å². The maximum Gasteiger partial charge on any atom is 0.0624 e. The lowest BCUT2D eigenvalue weighted by Crippen LogP contribution is -2.14. The molecular formula is C9H13NO. The highest BCUT2D eigenvalue weighted by molar-refractivity contribution is 5.23. The molecule has 0 amide bonds. The van der Waals surface area contributed by atoms with Crippen molar-refractivity contribution in [2.45, 2.75) is 13.0 Å². The molecule has 0 fully saturated rings. The molecule has 3 N–H and O–H groups in total. The first-order valence-corrected chi connectivity index (χ1v) is 3.67. The lowest BCUT2D eigenvalue weighted by atomic mass is 10.1. The number of hydrogen-bond donors (Lipinski definition) is 2. The Labute approximate surface area is 66.7 Å². The fourth-order valence-electron chi connectivity index (χ4n) is 0.919. The van der Waals surface area contributed by atoms with Crippen LogP contribution in [-0.2, 0) is 0 Å². The topological polar surface area (TPSA) is 46.2 Å². The van der Waals surface area contributed by atoms with Gasteiger partial charge in [0, 0.05) is 0 Å². The Morgan fingerprint density at radius 3 is 2.36 bits per heavy atom. The highest BCUT2D eigenvalue weighted by atomic mass is 16.3. The van der Waals surface area contributed by atoms with Gasteiger partial charge in [-0.2, -0.15) is 0 Å². The Morgan fingerprint density at radius 1 is 1.36 bits per heavy atom. The van der Waals surface area contributed by atoms with Gasteiger partial charge in [-0.25, -0.2) is 0 Å². The van der Waals surface area contributed by atoms with Crippen molar-refractivity contribution in [3.05, 3.63) is 35.4 Å². The van der Waals surface area contributed by atoms with Crippen molar-refractivity contribution in [3.8, 4) is 0 Å². The molecular weight excluding hydrogens is 138 g/mol. The van der Waals surface area contributed by atoms with Crippen LogP contribution >= 0.6 is 0 Å². The first-order chi connectivity index (χ1) is 5.24. The standard InChI is InChI=1S/C9H13NO/c1-7-2-4-8(5-3-7)9(10)6-11/h2-5,9,11H,6,10H2,1H3/t9-/m1/s1. The average molecular weight is 151 g/mol. The Morgan fingerprint density at radius 2 is 1.91 bits per heavy atom. The normalized spacial score (nSPS) is 13.0. The average Bonchev–Trinajstić information content (AvgIpc) is 2.05. The summed E-state index contributed by atoms with van der Waals surface area (Å²) in [5.74, 6) is 0. The van der Waals surface area contributed by atoms with Gasteiger partial charge in [-0.15, -0.1) is 0 Å². The number of aliphatic hydroxyl groups excluding tert-OH is 1. The molecule has 1 atom stereocenters. The minimum absolute atomic E-state index is 0.00304. The van der Waals surface area contributed by atoms with Crippen LogP contribution in [0.15, 0.2) is 24.3 Å². The van der Waals surface area contributed by atoms with Crippen LogP contribution in [0.4, 0.5) is 0 Å². The summed E-state index contributed by atoms with van der Waals surface area (Å²) in [5, 5.41) is 8.73. The van der Waals surface area contributed by atoms with Crippen molar-refractivity contribution in [1.29, 1.82) is 0 Å². The number of benzene rings is 1. The zero-order valence-corrected chi connectivity index (χ0v) is 6.62. The van der Waals surface area contributed by atoms with Gasteiger partial charge in [0.15, 0.2) is 0 Å². The van der Waals surface area contributed by atoms with E-state index in [-0.39, 0.29) is 12.6 Å². The number of hydrogen-bond acceptors (Lipinski definition) is 2. The maximum atomic E-state index is 8.73.